The van der Waals surface area contributed by atoms with Crippen molar-refractivity contribution in [1.29, 1.82) is 0 Å². The number of aromatic nitrogens is 2. The van der Waals surface area contributed by atoms with Crippen LogP contribution >= 0.6 is 0 Å². The van der Waals surface area contributed by atoms with Crippen molar-refractivity contribution >= 4 is 37.6 Å². The van der Waals surface area contributed by atoms with Gasteiger partial charge in [-0.2, -0.15) is 4.98 Å². The Bertz CT molecular complexity index is 1260. The molecule has 0 aromatic carbocycles. The van der Waals surface area contributed by atoms with Crippen LogP contribution in [0.1, 0.15) is 59.7 Å². The van der Waals surface area contributed by atoms with Crippen molar-refractivity contribution in [2.45, 2.75) is 97.2 Å². The lowest BCUT2D eigenvalue weighted by Gasteiger charge is -2.43. The van der Waals surface area contributed by atoms with Crippen LogP contribution < -0.4 is 20.7 Å². The van der Waals surface area contributed by atoms with Gasteiger partial charge in [0, 0.05) is 24.6 Å². The number of alkyl carbamates (subject to hydrolysis) is 1. The molecule has 0 saturated carbocycles. The SMILES string of the molecule is CCOC(=O)CNc1ccc(OC)nc1Nc1cnc2c(c1)C[C@@H](O[Si](C)(C)C(C)(C)C)[C@H](NC(=O)OC(C)(C)C)C2. The minimum Gasteiger partial charge on any atom is -0.481 e. The van der Waals surface area contributed by atoms with Gasteiger partial charge < -0.3 is 34.6 Å². The average molecular weight is 602 g/mol. The molecule has 1 amide bonds. The second-order valence-corrected chi connectivity index (χ2v) is 17.7. The number of fused-ring (bicyclic) bond motifs is 1. The molecule has 0 unspecified atom stereocenters. The van der Waals surface area contributed by atoms with E-state index < -0.39 is 20.0 Å². The third-order valence-electron chi connectivity index (χ3n) is 7.37. The summed E-state index contributed by atoms with van der Waals surface area (Å²) >= 11 is 0. The highest BCUT2D eigenvalue weighted by atomic mass is 28.4. The van der Waals surface area contributed by atoms with Crippen LogP contribution in [-0.2, 0) is 31.5 Å². The van der Waals surface area contributed by atoms with E-state index in [1.165, 1.54) is 0 Å². The van der Waals surface area contributed by atoms with Gasteiger partial charge in [0.05, 0.1) is 43.4 Å². The number of esters is 1. The molecule has 0 aliphatic heterocycles. The van der Waals surface area contributed by atoms with Gasteiger partial charge in [0.15, 0.2) is 14.1 Å². The van der Waals surface area contributed by atoms with E-state index in [-0.39, 0.29) is 29.7 Å². The molecular formula is C30H47N5O6Si. The summed E-state index contributed by atoms with van der Waals surface area (Å²) in [5, 5.41) is 9.45. The topological polar surface area (TPSA) is 133 Å². The molecular weight excluding hydrogens is 554 g/mol. The fourth-order valence-corrected chi connectivity index (χ4v) is 5.62. The van der Waals surface area contributed by atoms with Gasteiger partial charge in [-0.3, -0.25) is 9.78 Å². The van der Waals surface area contributed by atoms with E-state index in [1.807, 2.05) is 26.8 Å². The number of nitrogens with zero attached hydrogens (tertiary/aromatic N) is 2. The smallest absolute Gasteiger partial charge is 0.407 e. The number of pyridine rings is 2. The van der Waals surface area contributed by atoms with Gasteiger partial charge in [0.1, 0.15) is 12.1 Å². The van der Waals surface area contributed by atoms with Crippen molar-refractivity contribution in [3.05, 3.63) is 35.7 Å². The molecule has 2 aromatic heterocycles. The molecule has 1 aliphatic carbocycles. The highest BCUT2D eigenvalue weighted by Gasteiger charge is 2.43. The summed E-state index contributed by atoms with van der Waals surface area (Å²) < 4.78 is 22.8. The molecule has 2 atom stereocenters. The highest BCUT2D eigenvalue weighted by molar-refractivity contribution is 6.74. The summed E-state index contributed by atoms with van der Waals surface area (Å²) in [6.07, 6.45) is 2.10. The number of anilines is 3. The second-order valence-electron chi connectivity index (χ2n) is 12.9. The Kier molecular flexibility index (Phi) is 10.5. The van der Waals surface area contributed by atoms with Gasteiger partial charge in [-0.1, -0.05) is 20.8 Å². The zero-order valence-corrected chi connectivity index (χ0v) is 27.6. The fraction of sp³-hybridized carbons (Fsp3) is 0.600. The minimum absolute atomic E-state index is 0.00251. The van der Waals surface area contributed by atoms with E-state index in [0.29, 0.717) is 36.8 Å². The van der Waals surface area contributed by atoms with Gasteiger partial charge >= 0.3 is 12.1 Å². The summed E-state index contributed by atoms with van der Waals surface area (Å²) in [6, 6.07) is 5.25. The summed E-state index contributed by atoms with van der Waals surface area (Å²) in [7, 11) is -0.624. The van der Waals surface area contributed by atoms with Crippen LogP contribution in [0.15, 0.2) is 24.4 Å². The van der Waals surface area contributed by atoms with Gasteiger partial charge in [0.25, 0.3) is 0 Å². The first kappa shape index (κ1) is 33.1. The number of hydrogen-bond acceptors (Lipinski definition) is 10. The molecule has 0 bridgehead atoms. The van der Waals surface area contributed by atoms with E-state index in [0.717, 1.165) is 16.9 Å². The van der Waals surface area contributed by atoms with Crippen LogP contribution in [0, 0.1) is 0 Å². The monoisotopic (exact) mass is 601 g/mol. The molecule has 2 heterocycles. The van der Waals surface area contributed by atoms with Crippen molar-refractivity contribution in [2.24, 2.45) is 0 Å². The summed E-state index contributed by atoms with van der Waals surface area (Å²) in [5.74, 6) is 0.538. The number of carbonyl (C=O) groups excluding carboxylic acids is 2. The van der Waals surface area contributed by atoms with Crippen LogP contribution in [0.3, 0.4) is 0 Å². The Labute approximate surface area is 250 Å². The second kappa shape index (κ2) is 13.3. The van der Waals surface area contributed by atoms with Crippen molar-refractivity contribution in [3.8, 4) is 5.88 Å². The van der Waals surface area contributed by atoms with Crippen molar-refractivity contribution in [2.75, 3.05) is 30.9 Å². The zero-order valence-electron chi connectivity index (χ0n) is 26.6. The third kappa shape index (κ3) is 9.06. The molecule has 2 aromatic rings. The normalized spacial score (nSPS) is 17.1. The van der Waals surface area contributed by atoms with Gasteiger partial charge in [-0.05, 0) is 63.5 Å². The maximum atomic E-state index is 12.8. The Morgan fingerprint density at radius 1 is 1.10 bits per heavy atom. The first-order valence-corrected chi connectivity index (χ1v) is 17.3. The Hall–Kier alpha value is -3.38. The highest BCUT2D eigenvalue weighted by Crippen LogP contribution is 2.39. The molecule has 0 radical (unpaired) electrons. The molecule has 3 rings (SSSR count). The molecule has 11 nitrogen and oxygen atoms in total. The van der Waals surface area contributed by atoms with Crippen molar-refractivity contribution in [1.82, 2.24) is 15.3 Å². The van der Waals surface area contributed by atoms with Crippen LogP contribution in [0.4, 0.5) is 22.0 Å². The van der Waals surface area contributed by atoms with Crippen LogP contribution in [-0.4, -0.2) is 68.4 Å². The Morgan fingerprint density at radius 3 is 2.43 bits per heavy atom. The zero-order chi connectivity index (χ0) is 31.3. The van der Waals surface area contributed by atoms with Gasteiger partial charge in [0.2, 0.25) is 5.88 Å². The fourth-order valence-electron chi connectivity index (χ4n) is 4.26. The van der Waals surface area contributed by atoms with E-state index in [1.54, 1.807) is 32.4 Å². The number of amides is 1. The van der Waals surface area contributed by atoms with Gasteiger partial charge in [-0.15, -0.1) is 0 Å². The molecule has 3 N–H and O–H groups in total. The summed E-state index contributed by atoms with van der Waals surface area (Å²) in [6.45, 7) is 18.6. The first-order valence-electron chi connectivity index (χ1n) is 14.4. The standard InChI is InChI=1S/C30H47N5O6Si/c1-11-39-26(36)18-32-21-12-13-25(38-8)35-27(21)33-20-14-19-15-24(41-42(9,10)30(5,6)7)23(16-22(19)31-17-20)34-28(37)40-29(2,3)4/h12-14,17,23-24,32H,11,15-16,18H2,1-10H3,(H,33,35)(H,34,37)/t23-,24-/m1/s1. The molecule has 0 spiro atoms. The predicted molar refractivity (Wildman–Crippen MR) is 166 cm³/mol. The maximum Gasteiger partial charge on any atom is 0.407 e. The molecule has 232 valence electrons. The lowest BCUT2D eigenvalue weighted by atomic mass is 9.89. The van der Waals surface area contributed by atoms with E-state index in [9.17, 15) is 9.59 Å². The average Bonchev–Trinajstić information content (AvgIpc) is 2.86. The minimum atomic E-state index is -2.17. The predicted octanol–water partition coefficient (Wildman–Crippen LogP) is 5.59. The van der Waals surface area contributed by atoms with Crippen molar-refractivity contribution in [3.63, 3.8) is 0 Å². The van der Waals surface area contributed by atoms with E-state index >= 15 is 0 Å². The number of ether oxygens (including phenoxy) is 3. The maximum absolute atomic E-state index is 12.8. The number of nitrogens with one attached hydrogen (secondary N) is 3. The number of hydrogen-bond donors (Lipinski definition) is 3. The number of methoxy groups -OCH3 is 1. The first-order chi connectivity index (χ1) is 19.5. The Morgan fingerprint density at radius 2 is 1.81 bits per heavy atom. The quantitative estimate of drug-likeness (QED) is 0.234. The molecule has 42 heavy (non-hydrogen) atoms. The van der Waals surface area contributed by atoms with E-state index in [4.69, 9.17) is 23.6 Å². The van der Waals surface area contributed by atoms with Crippen LogP contribution in [0.25, 0.3) is 0 Å². The van der Waals surface area contributed by atoms with Gasteiger partial charge in [-0.25, -0.2) is 4.79 Å². The lowest BCUT2D eigenvalue weighted by Crippen LogP contribution is -2.55. The summed E-state index contributed by atoms with van der Waals surface area (Å²) in [4.78, 5) is 34.0. The molecule has 0 saturated heterocycles. The third-order valence-corrected chi connectivity index (χ3v) is 11.9. The van der Waals surface area contributed by atoms with Crippen LogP contribution in [0.2, 0.25) is 18.1 Å². The number of rotatable bonds is 10. The molecule has 0 fully saturated rings. The lowest BCUT2D eigenvalue weighted by molar-refractivity contribution is -0.140. The largest absolute Gasteiger partial charge is 0.481 e. The molecule has 12 heteroatoms. The summed E-state index contributed by atoms with van der Waals surface area (Å²) in [5.41, 5.74) is 2.63. The number of carbonyl (C=O) groups is 2. The Balaban J connectivity index is 1.88. The molecule has 1 aliphatic rings. The van der Waals surface area contributed by atoms with E-state index in [2.05, 4.69) is 54.8 Å². The van der Waals surface area contributed by atoms with Crippen molar-refractivity contribution < 1.29 is 28.2 Å². The van der Waals surface area contributed by atoms with Crippen LogP contribution in [0.5, 0.6) is 5.88 Å².